The second-order valence-corrected chi connectivity index (χ2v) is 2.05. The molecule has 2 N–H and O–H groups in total. The SMILES string of the molecule is Cl.O.c1ccncc1.c1ccncc1. The van der Waals surface area contributed by atoms with Gasteiger partial charge in [0.1, 0.15) is 0 Å². The molecular weight excluding hydrogens is 200 g/mol. The highest BCUT2D eigenvalue weighted by molar-refractivity contribution is 5.85. The lowest BCUT2D eigenvalue weighted by Crippen LogP contribution is -1.58. The van der Waals surface area contributed by atoms with Crippen molar-refractivity contribution in [1.82, 2.24) is 9.97 Å². The van der Waals surface area contributed by atoms with Crippen molar-refractivity contribution in [3.8, 4) is 0 Å². The first-order valence-corrected chi connectivity index (χ1v) is 3.70. The second-order valence-electron chi connectivity index (χ2n) is 2.05. The fourth-order valence-electron chi connectivity index (χ4n) is 0.625. The normalized spacial score (nSPS) is 6.86. The lowest BCUT2D eigenvalue weighted by Gasteiger charge is -1.70. The number of hydrogen-bond acceptors (Lipinski definition) is 2. The van der Waals surface area contributed by atoms with Gasteiger partial charge < -0.3 is 5.48 Å². The van der Waals surface area contributed by atoms with Gasteiger partial charge in [-0.25, -0.2) is 0 Å². The summed E-state index contributed by atoms with van der Waals surface area (Å²) in [6.07, 6.45) is 7.00. The van der Waals surface area contributed by atoms with Crippen LogP contribution in [0.15, 0.2) is 61.2 Å². The van der Waals surface area contributed by atoms with E-state index < -0.39 is 0 Å². The van der Waals surface area contributed by atoms with Gasteiger partial charge in [0.25, 0.3) is 0 Å². The molecular formula is C10H13ClN2O. The Hall–Kier alpha value is -1.45. The van der Waals surface area contributed by atoms with E-state index in [4.69, 9.17) is 0 Å². The van der Waals surface area contributed by atoms with Gasteiger partial charge in [-0.3, -0.25) is 9.97 Å². The van der Waals surface area contributed by atoms with E-state index in [0.29, 0.717) is 0 Å². The third-order valence-electron chi connectivity index (χ3n) is 1.13. The standard InChI is InChI=1S/2C5H5N.ClH.H2O/c2*1-2-4-6-5-3-1;;/h2*1-5H;1H;1H2. The van der Waals surface area contributed by atoms with Gasteiger partial charge in [0.05, 0.1) is 0 Å². The zero-order valence-electron chi connectivity index (χ0n) is 7.58. The molecule has 76 valence electrons. The van der Waals surface area contributed by atoms with E-state index in [1.807, 2.05) is 36.4 Å². The number of halogens is 1. The van der Waals surface area contributed by atoms with Gasteiger partial charge in [0, 0.05) is 24.8 Å². The Balaban J connectivity index is 0. The van der Waals surface area contributed by atoms with Crippen LogP contribution >= 0.6 is 12.4 Å². The summed E-state index contributed by atoms with van der Waals surface area (Å²) in [6, 6.07) is 11.4. The second kappa shape index (κ2) is 11.6. The van der Waals surface area contributed by atoms with Crippen molar-refractivity contribution in [3.63, 3.8) is 0 Å². The number of rotatable bonds is 0. The molecule has 0 fully saturated rings. The van der Waals surface area contributed by atoms with Crippen molar-refractivity contribution in [2.45, 2.75) is 0 Å². The first kappa shape index (κ1) is 15.0. The predicted molar refractivity (Wildman–Crippen MR) is 59.3 cm³/mol. The minimum Gasteiger partial charge on any atom is -0.412 e. The molecule has 2 rings (SSSR count). The summed E-state index contributed by atoms with van der Waals surface area (Å²) >= 11 is 0. The van der Waals surface area contributed by atoms with Crippen molar-refractivity contribution in [2.24, 2.45) is 0 Å². The van der Waals surface area contributed by atoms with Crippen LogP contribution in [0.5, 0.6) is 0 Å². The first-order valence-electron chi connectivity index (χ1n) is 3.70. The zero-order valence-corrected chi connectivity index (χ0v) is 8.39. The van der Waals surface area contributed by atoms with Crippen molar-refractivity contribution in [1.29, 1.82) is 0 Å². The van der Waals surface area contributed by atoms with Crippen LogP contribution in [0.3, 0.4) is 0 Å². The topological polar surface area (TPSA) is 57.3 Å². The Labute approximate surface area is 89.6 Å². The Morgan fingerprint density at radius 1 is 0.500 bits per heavy atom. The van der Waals surface area contributed by atoms with E-state index in [0.717, 1.165) is 0 Å². The number of nitrogens with zero attached hydrogens (tertiary/aromatic N) is 2. The van der Waals surface area contributed by atoms with Gasteiger partial charge >= 0.3 is 0 Å². The molecule has 0 unspecified atom stereocenters. The van der Waals surface area contributed by atoms with Crippen molar-refractivity contribution in [2.75, 3.05) is 0 Å². The summed E-state index contributed by atoms with van der Waals surface area (Å²) in [6.45, 7) is 0. The van der Waals surface area contributed by atoms with E-state index in [1.54, 1.807) is 24.8 Å². The van der Waals surface area contributed by atoms with Gasteiger partial charge in [-0.1, -0.05) is 12.1 Å². The maximum atomic E-state index is 3.78. The van der Waals surface area contributed by atoms with Crippen LogP contribution in [0.25, 0.3) is 0 Å². The van der Waals surface area contributed by atoms with Crippen LogP contribution < -0.4 is 0 Å². The quantitative estimate of drug-likeness (QED) is 0.668. The third-order valence-corrected chi connectivity index (χ3v) is 1.13. The lowest BCUT2D eigenvalue weighted by molar-refractivity contribution is 0.824. The van der Waals surface area contributed by atoms with Crippen LogP contribution in [0.4, 0.5) is 0 Å². The summed E-state index contributed by atoms with van der Waals surface area (Å²) < 4.78 is 0. The zero-order chi connectivity index (χ0) is 8.49. The van der Waals surface area contributed by atoms with Gasteiger partial charge in [-0.15, -0.1) is 12.4 Å². The molecule has 3 nitrogen and oxygen atoms in total. The molecule has 2 aromatic heterocycles. The highest BCUT2D eigenvalue weighted by Gasteiger charge is 1.59. The van der Waals surface area contributed by atoms with Crippen molar-refractivity contribution < 1.29 is 5.48 Å². The lowest BCUT2D eigenvalue weighted by atomic mass is 10.5. The molecule has 0 bridgehead atoms. The minimum atomic E-state index is 0. The molecule has 0 spiro atoms. The molecule has 0 saturated heterocycles. The minimum absolute atomic E-state index is 0. The summed E-state index contributed by atoms with van der Waals surface area (Å²) in [5, 5.41) is 0. The highest BCUT2D eigenvalue weighted by Crippen LogP contribution is 1.74. The maximum Gasteiger partial charge on any atom is 0.0267 e. The van der Waals surface area contributed by atoms with Crippen molar-refractivity contribution in [3.05, 3.63) is 61.2 Å². The molecule has 14 heavy (non-hydrogen) atoms. The summed E-state index contributed by atoms with van der Waals surface area (Å²) in [5.41, 5.74) is 0. The monoisotopic (exact) mass is 212 g/mol. The highest BCUT2D eigenvalue weighted by atomic mass is 35.5. The first-order chi connectivity index (χ1) is 6.00. The molecule has 0 aliphatic heterocycles. The average Bonchev–Trinajstić information content (AvgIpc) is 2.24. The number of pyridine rings is 2. The molecule has 4 heteroatoms. The number of hydrogen-bond donors (Lipinski definition) is 0. The maximum absolute atomic E-state index is 3.78. The van der Waals surface area contributed by atoms with Crippen LogP contribution in [0.1, 0.15) is 0 Å². The van der Waals surface area contributed by atoms with Crippen LogP contribution in [-0.4, -0.2) is 15.4 Å². The molecule has 0 aliphatic rings. The van der Waals surface area contributed by atoms with Crippen LogP contribution in [0, 0.1) is 0 Å². The molecule has 0 radical (unpaired) electrons. The molecule has 0 saturated carbocycles. The van der Waals surface area contributed by atoms with Gasteiger partial charge in [-0.2, -0.15) is 0 Å². The largest absolute Gasteiger partial charge is 0.412 e. The summed E-state index contributed by atoms with van der Waals surface area (Å²) in [7, 11) is 0. The number of aromatic nitrogens is 2. The van der Waals surface area contributed by atoms with E-state index >= 15 is 0 Å². The fraction of sp³-hybridized carbons (Fsp3) is 0. The van der Waals surface area contributed by atoms with Crippen LogP contribution in [-0.2, 0) is 0 Å². The van der Waals surface area contributed by atoms with E-state index in [-0.39, 0.29) is 17.9 Å². The van der Waals surface area contributed by atoms with E-state index in [2.05, 4.69) is 9.97 Å². The summed E-state index contributed by atoms with van der Waals surface area (Å²) in [4.78, 5) is 7.57. The van der Waals surface area contributed by atoms with E-state index in [9.17, 15) is 0 Å². The van der Waals surface area contributed by atoms with Gasteiger partial charge in [-0.05, 0) is 24.3 Å². The van der Waals surface area contributed by atoms with Gasteiger partial charge in [0.2, 0.25) is 0 Å². The molecule has 0 atom stereocenters. The Morgan fingerprint density at radius 3 is 0.857 bits per heavy atom. The third kappa shape index (κ3) is 8.64. The Morgan fingerprint density at radius 2 is 0.786 bits per heavy atom. The molecule has 2 aromatic rings. The van der Waals surface area contributed by atoms with Crippen LogP contribution in [0.2, 0.25) is 0 Å². The molecule has 0 amide bonds. The average molecular weight is 213 g/mol. The molecule has 0 aliphatic carbocycles. The van der Waals surface area contributed by atoms with Crippen molar-refractivity contribution >= 4 is 12.4 Å². The molecule has 2 heterocycles. The summed E-state index contributed by atoms with van der Waals surface area (Å²) in [5.74, 6) is 0. The van der Waals surface area contributed by atoms with Gasteiger partial charge in [0.15, 0.2) is 0 Å². The smallest absolute Gasteiger partial charge is 0.0267 e. The fourth-order valence-corrected chi connectivity index (χ4v) is 0.625. The Kier molecular flexibility index (Phi) is 12.4. The Bertz CT molecular complexity index is 194. The predicted octanol–water partition coefficient (Wildman–Crippen LogP) is 1.76. The molecule has 0 aromatic carbocycles. The van der Waals surface area contributed by atoms with E-state index in [1.165, 1.54) is 0 Å².